The van der Waals surface area contributed by atoms with Crippen molar-refractivity contribution in [3.63, 3.8) is 0 Å². The summed E-state index contributed by atoms with van der Waals surface area (Å²) in [6, 6.07) is 6.50. The van der Waals surface area contributed by atoms with Crippen LogP contribution < -0.4 is 5.32 Å². The van der Waals surface area contributed by atoms with E-state index in [4.69, 9.17) is 0 Å². The van der Waals surface area contributed by atoms with Crippen LogP contribution in [-0.4, -0.2) is 53.7 Å². The Balaban J connectivity index is 2.28. The van der Waals surface area contributed by atoms with Gasteiger partial charge in [0.25, 0.3) is 0 Å². The smallest absolute Gasteiger partial charge is 0.320 e. The lowest BCUT2D eigenvalue weighted by molar-refractivity contribution is -0.130. The van der Waals surface area contributed by atoms with Gasteiger partial charge in [0, 0.05) is 27.1 Å². The van der Waals surface area contributed by atoms with Crippen LogP contribution in [0.4, 0.5) is 4.79 Å². The zero-order chi connectivity index (χ0) is 17.9. The summed E-state index contributed by atoms with van der Waals surface area (Å²) in [5, 5.41) is 2.79. The predicted molar refractivity (Wildman–Crippen MR) is 91.5 cm³/mol. The summed E-state index contributed by atoms with van der Waals surface area (Å²) in [5.41, 5.74) is 2.12. The molecule has 3 amide bonds. The van der Waals surface area contributed by atoms with Crippen LogP contribution in [0.1, 0.15) is 31.4 Å². The number of carbonyl (C=O) groups is 3. The van der Waals surface area contributed by atoms with Crippen LogP contribution >= 0.6 is 0 Å². The molecule has 6 nitrogen and oxygen atoms in total. The number of fused-ring (bicyclic) bond motifs is 1. The van der Waals surface area contributed by atoms with Gasteiger partial charge in [0.1, 0.15) is 6.04 Å². The van der Waals surface area contributed by atoms with Crippen molar-refractivity contribution in [1.29, 1.82) is 0 Å². The topological polar surface area (TPSA) is 69.7 Å². The highest BCUT2D eigenvalue weighted by atomic mass is 16.2. The minimum Gasteiger partial charge on any atom is -0.345 e. The first-order chi connectivity index (χ1) is 11.3. The molecule has 0 saturated heterocycles. The third-order valence-electron chi connectivity index (χ3n) is 4.39. The number of Topliss-reactive ketones (excluding diaryl/α,β-unsaturated/α-hetero) is 1. The molecular formula is C18H25N3O3. The Morgan fingerprint density at radius 1 is 1.25 bits per heavy atom. The molecule has 1 heterocycles. The number of rotatable bonds is 4. The van der Waals surface area contributed by atoms with Gasteiger partial charge < -0.3 is 15.1 Å². The summed E-state index contributed by atoms with van der Waals surface area (Å²) in [7, 11) is 3.34. The third-order valence-corrected chi connectivity index (χ3v) is 4.39. The van der Waals surface area contributed by atoms with E-state index in [1.54, 1.807) is 19.0 Å². The predicted octanol–water partition coefficient (Wildman–Crippen LogP) is 1.58. The number of hydrogen-bond acceptors (Lipinski definition) is 3. The number of nitrogens with one attached hydrogen (secondary N) is 1. The number of carbonyl (C=O) groups excluding carboxylic acids is 3. The second-order valence-corrected chi connectivity index (χ2v) is 6.37. The zero-order valence-electron chi connectivity index (χ0n) is 14.7. The van der Waals surface area contributed by atoms with Gasteiger partial charge in [0.15, 0.2) is 5.78 Å². The molecule has 1 aliphatic rings. The maximum atomic E-state index is 12.7. The van der Waals surface area contributed by atoms with E-state index in [9.17, 15) is 14.4 Å². The molecular weight excluding hydrogens is 306 g/mol. The number of amides is 3. The highest BCUT2D eigenvalue weighted by molar-refractivity contribution is 5.92. The summed E-state index contributed by atoms with van der Waals surface area (Å²) in [4.78, 5) is 39.9. The van der Waals surface area contributed by atoms with Gasteiger partial charge in [0.2, 0.25) is 5.91 Å². The Labute approximate surface area is 142 Å². The molecule has 24 heavy (non-hydrogen) atoms. The minimum atomic E-state index is -0.608. The van der Waals surface area contributed by atoms with Crippen molar-refractivity contribution in [3.8, 4) is 0 Å². The molecule has 1 aliphatic heterocycles. The average molecular weight is 331 g/mol. The van der Waals surface area contributed by atoms with Gasteiger partial charge in [-0.05, 0) is 24.5 Å². The first kappa shape index (κ1) is 18.0. The van der Waals surface area contributed by atoms with Crippen LogP contribution in [0.2, 0.25) is 0 Å². The fourth-order valence-corrected chi connectivity index (χ4v) is 2.97. The number of benzene rings is 1. The summed E-state index contributed by atoms with van der Waals surface area (Å²) in [5.74, 6) is -0.353. The third kappa shape index (κ3) is 3.75. The van der Waals surface area contributed by atoms with E-state index in [-0.39, 0.29) is 17.7 Å². The Bertz CT molecular complexity index is 642. The van der Waals surface area contributed by atoms with Crippen LogP contribution in [0.15, 0.2) is 24.3 Å². The molecule has 1 N–H and O–H groups in total. The van der Waals surface area contributed by atoms with Gasteiger partial charge in [-0.1, -0.05) is 31.2 Å². The maximum Gasteiger partial charge on any atom is 0.320 e. The number of nitrogens with zero attached hydrogens (tertiary/aromatic N) is 2. The Hall–Kier alpha value is -2.37. The van der Waals surface area contributed by atoms with Gasteiger partial charge in [-0.2, -0.15) is 0 Å². The molecule has 2 atom stereocenters. The molecule has 0 radical (unpaired) electrons. The molecule has 0 aromatic heterocycles. The largest absolute Gasteiger partial charge is 0.345 e. The second kappa shape index (κ2) is 7.47. The van der Waals surface area contributed by atoms with Gasteiger partial charge in [-0.3, -0.25) is 9.59 Å². The van der Waals surface area contributed by atoms with Crippen molar-refractivity contribution in [3.05, 3.63) is 35.4 Å². The van der Waals surface area contributed by atoms with Crippen LogP contribution in [0.3, 0.4) is 0 Å². The first-order valence-electron chi connectivity index (χ1n) is 8.20. The molecule has 0 saturated carbocycles. The fraction of sp³-hybridized carbons (Fsp3) is 0.500. The van der Waals surface area contributed by atoms with E-state index in [1.165, 1.54) is 11.8 Å². The van der Waals surface area contributed by atoms with E-state index in [0.29, 0.717) is 19.4 Å². The van der Waals surface area contributed by atoms with Gasteiger partial charge >= 0.3 is 6.03 Å². The number of hydrogen-bond donors (Lipinski definition) is 1. The molecule has 6 heteroatoms. The highest BCUT2D eigenvalue weighted by Gasteiger charge is 2.36. The van der Waals surface area contributed by atoms with E-state index < -0.39 is 12.1 Å². The lowest BCUT2D eigenvalue weighted by Gasteiger charge is -2.37. The van der Waals surface area contributed by atoms with Crippen molar-refractivity contribution >= 4 is 17.7 Å². The molecule has 1 aromatic rings. The Morgan fingerprint density at radius 3 is 2.42 bits per heavy atom. The summed E-state index contributed by atoms with van der Waals surface area (Å²) >= 11 is 0. The van der Waals surface area contributed by atoms with Crippen molar-refractivity contribution in [1.82, 2.24) is 15.1 Å². The lowest BCUT2D eigenvalue weighted by atomic mass is 9.93. The zero-order valence-corrected chi connectivity index (χ0v) is 14.7. The number of ketones is 1. The van der Waals surface area contributed by atoms with Crippen molar-refractivity contribution in [2.24, 2.45) is 0 Å². The van der Waals surface area contributed by atoms with Gasteiger partial charge in [-0.15, -0.1) is 0 Å². The quantitative estimate of drug-likeness (QED) is 0.911. The molecule has 2 unspecified atom stereocenters. The van der Waals surface area contributed by atoms with Gasteiger partial charge in [0.05, 0.1) is 6.04 Å². The average Bonchev–Trinajstić information content (AvgIpc) is 2.57. The van der Waals surface area contributed by atoms with Crippen LogP contribution in [0.5, 0.6) is 0 Å². The molecule has 2 rings (SSSR count). The summed E-state index contributed by atoms with van der Waals surface area (Å²) in [6.45, 7) is 3.71. The molecule has 0 spiro atoms. The normalized spacial score (nSPS) is 17.7. The van der Waals surface area contributed by atoms with Crippen molar-refractivity contribution in [2.45, 2.75) is 45.3 Å². The number of urea groups is 1. The van der Waals surface area contributed by atoms with Crippen molar-refractivity contribution in [2.75, 3.05) is 14.1 Å². The van der Waals surface area contributed by atoms with E-state index in [0.717, 1.165) is 11.1 Å². The van der Waals surface area contributed by atoms with E-state index in [1.807, 2.05) is 31.2 Å². The van der Waals surface area contributed by atoms with E-state index >= 15 is 0 Å². The van der Waals surface area contributed by atoms with E-state index in [2.05, 4.69) is 5.32 Å². The van der Waals surface area contributed by atoms with Crippen LogP contribution in [0.25, 0.3) is 0 Å². The van der Waals surface area contributed by atoms with Crippen molar-refractivity contribution < 1.29 is 14.4 Å². The fourth-order valence-electron chi connectivity index (χ4n) is 2.97. The monoisotopic (exact) mass is 331 g/mol. The SMILES string of the molecule is CCC(NC(=O)C1Cc2ccccc2CN1C(=O)N(C)C)C(C)=O. The standard InChI is InChI=1S/C18H25N3O3/c1-5-15(12(2)22)19-17(23)16-10-13-8-6-7-9-14(13)11-21(16)18(24)20(3)4/h6-9,15-16H,5,10-11H2,1-4H3,(H,19,23). The van der Waals surface area contributed by atoms with Crippen LogP contribution in [0, 0.1) is 0 Å². The minimum absolute atomic E-state index is 0.0763. The second-order valence-electron chi connectivity index (χ2n) is 6.37. The molecule has 1 aromatic carbocycles. The maximum absolute atomic E-state index is 12.7. The lowest BCUT2D eigenvalue weighted by Crippen LogP contribution is -2.57. The summed E-state index contributed by atoms with van der Waals surface area (Å²) in [6.07, 6.45) is 0.988. The van der Waals surface area contributed by atoms with Gasteiger partial charge in [-0.25, -0.2) is 4.79 Å². The highest BCUT2D eigenvalue weighted by Crippen LogP contribution is 2.24. The first-order valence-corrected chi connectivity index (χ1v) is 8.20. The Kier molecular flexibility index (Phi) is 5.59. The Morgan fingerprint density at radius 2 is 1.88 bits per heavy atom. The van der Waals surface area contributed by atoms with Crippen LogP contribution in [-0.2, 0) is 22.6 Å². The molecule has 130 valence electrons. The molecule has 0 fully saturated rings. The molecule has 0 bridgehead atoms. The summed E-state index contributed by atoms with van der Waals surface area (Å²) < 4.78 is 0. The molecule has 0 aliphatic carbocycles.